The Bertz CT molecular complexity index is 315. The van der Waals surface area contributed by atoms with E-state index in [4.69, 9.17) is 10.5 Å². The van der Waals surface area contributed by atoms with Gasteiger partial charge in [-0.15, -0.1) is 0 Å². The second kappa shape index (κ2) is 4.11. The van der Waals surface area contributed by atoms with E-state index in [-0.39, 0.29) is 0 Å². The van der Waals surface area contributed by atoms with Crippen LogP contribution in [0, 0.1) is 0 Å². The number of ether oxygens (including phenoxy) is 1. The molecule has 0 bridgehead atoms. The number of nitrogen functional groups attached to an aromatic ring is 1. The maximum atomic E-state index is 10.1. The number of rotatable bonds is 3. The molecule has 0 unspecified atom stereocenters. The number of anilines is 1. The normalized spacial score (nSPS) is 19.0. The van der Waals surface area contributed by atoms with Crippen LogP contribution in [-0.4, -0.2) is 17.3 Å². The van der Waals surface area contributed by atoms with E-state index in [1.807, 2.05) is 12.1 Å². The molecule has 1 saturated carbocycles. The van der Waals surface area contributed by atoms with Crippen molar-refractivity contribution < 1.29 is 9.84 Å². The Morgan fingerprint density at radius 2 is 1.80 bits per heavy atom. The SMILES string of the molecule is Nc1ccc(OCC2(O)CCCC2)cc1. The van der Waals surface area contributed by atoms with Crippen LogP contribution in [0.25, 0.3) is 0 Å². The van der Waals surface area contributed by atoms with Gasteiger partial charge >= 0.3 is 0 Å². The van der Waals surface area contributed by atoms with Crippen molar-refractivity contribution in [2.45, 2.75) is 31.3 Å². The molecule has 1 aliphatic carbocycles. The summed E-state index contributed by atoms with van der Waals surface area (Å²) in [6.45, 7) is 0.386. The van der Waals surface area contributed by atoms with E-state index < -0.39 is 5.60 Å². The van der Waals surface area contributed by atoms with Crippen molar-refractivity contribution in [2.75, 3.05) is 12.3 Å². The van der Waals surface area contributed by atoms with Crippen molar-refractivity contribution >= 4 is 5.69 Å². The highest BCUT2D eigenvalue weighted by Crippen LogP contribution is 2.30. The molecule has 0 atom stereocenters. The molecule has 1 aromatic rings. The predicted octanol–water partition coefficient (Wildman–Crippen LogP) is 1.95. The quantitative estimate of drug-likeness (QED) is 0.745. The van der Waals surface area contributed by atoms with E-state index in [1.165, 1.54) is 0 Å². The maximum absolute atomic E-state index is 10.1. The lowest BCUT2D eigenvalue weighted by molar-refractivity contribution is 0.00141. The molecule has 0 spiro atoms. The van der Waals surface area contributed by atoms with Gasteiger partial charge in [0.05, 0.1) is 5.60 Å². The Hall–Kier alpha value is -1.22. The highest BCUT2D eigenvalue weighted by atomic mass is 16.5. The monoisotopic (exact) mass is 207 g/mol. The van der Waals surface area contributed by atoms with E-state index in [9.17, 15) is 5.11 Å². The van der Waals surface area contributed by atoms with E-state index >= 15 is 0 Å². The smallest absolute Gasteiger partial charge is 0.119 e. The summed E-state index contributed by atoms with van der Waals surface area (Å²) in [6, 6.07) is 7.25. The fourth-order valence-corrected chi connectivity index (χ4v) is 1.96. The van der Waals surface area contributed by atoms with Gasteiger partial charge in [-0.3, -0.25) is 0 Å². The molecule has 0 radical (unpaired) electrons. The van der Waals surface area contributed by atoms with Crippen LogP contribution in [0.15, 0.2) is 24.3 Å². The van der Waals surface area contributed by atoms with Gasteiger partial charge in [0.1, 0.15) is 12.4 Å². The average molecular weight is 207 g/mol. The van der Waals surface area contributed by atoms with Gasteiger partial charge < -0.3 is 15.6 Å². The molecular formula is C12H17NO2. The maximum Gasteiger partial charge on any atom is 0.119 e. The number of hydrogen-bond donors (Lipinski definition) is 2. The minimum Gasteiger partial charge on any atom is -0.491 e. The van der Waals surface area contributed by atoms with Gasteiger partial charge in [0.25, 0.3) is 0 Å². The summed E-state index contributed by atoms with van der Waals surface area (Å²) >= 11 is 0. The Balaban J connectivity index is 1.90. The first-order valence-electron chi connectivity index (χ1n) is 5.39. The lowest BCUT2D eigenvalue weighted by Gasteiger charge is -2.22. The number of hydrogen-bond acceptors (Lipinski definition) is 3. The fraction of sp³-hybridized carbons (Fsp3) is 0.500. The molecule has 15 heavy (non-hydrogen) atoms. The summed E-state index contributed by atoms with van der Waals surface area (Å²) in [7, 11) is 0. The second-order valence-electron chi connectivity index (χ2n) is 4.29. The molecule has 3 nitrogen and oxygen atoms in total. The van der Waals surface area contributed by atoms with Crippen LogP contribution in [0.1, 0.15) is 25.7 Å². The van der Waals surface area contributed by atoms with E-state index in [0.717, 1.165) is 37.1 Å². The minimum absolute atomic E-state index is 0.386. The summed E-state index contributed by atoms with van der Waals surface area (Å²) in [5, 5.41) is 10.1. The van der Waals surface area contributed by atoms with Crippen molar-refractivity contribution in [2.24, 2.45) is 0 Å². The molecule has 0 heterocycles. The Morgan fingerprint density at radius 1 is 1.20 bits per heavy atom. The summed E-state index contributed by atoms with van der Waals surface area (Å²) in [6.07, 6.45) is 3.90. The van der Waals surface area contributed by atoms with Crippen LogP contribution < -0.4 is 10.5 Å². The molecule has 0 aliphatic heterocycles. The predicted molar refractivity (Wildman–Crippen MR) is 59.8 cm³/mol. The zero-order valence-electron chi connectivity index (χ0n) is 8.78. The summed E-state index contributed by atoms with van der Waals surface area (Å²) < 4.78 is 5.54. The number of nitrogens with two attached hydrogens (primary N) is 1. The molecule has 1 fully saturated rings. The second-order valence-corrected chi connectivity index (χ2v) is 4.29. The third kappa shape index (κ3) is 2.63. The molecule has 3 N–H and O–H groups in total. The summed E-state index contributed by atoms with van der Waals surface area (Å²) in [5.41, 5.74) is 5.68. The molecular weight excluding hydrogens is 190 g/mol. The standard InChI is InChI=1S/C12H17NO2/c13-10-3-5-11(6-4-10)15-9-12(14)7-1-2-8-12/h3-6,14H,1-2,7-9,13H2. The summed E-state index contributed by atoms with van der Waals surface area (Å²) in [5.74, 6) is 0.768. The molecule has 3 heteroatoms. The largest absolute Gasteiger partial charge is 0.491 e. The Kier molecular flexibility index (Phi) is 2.82. The van der Waals surface area contributed by atoms with E-state index in [1.54, 1.807) is 12.1 Å². The third-order valence-electron chi connectivity index (χ3n) is 2.92. The van der Waals surface area contributed by atoms with Crippen LogP contribution in [0.3, 0.4) is 0 Å². The first-order chi connectivity index (χ1) is 7.18. The third-order valence-corrected chi connectivity index (χ3v) is 2.92. The fourth-order valence-electron chi connectivity index (χ4n) is 1.96. The molecule has 0 saturated heterocycles. The molecule has 1 aromatic carbocycles. The topological polar surface area (TPSA) is 55.5 Å². The first-order valence-corrected chi connectivity index (χ1v) is 5.39. The minimum atomic E-state index is -0.610. The van der Waals surface area contributed by atoms with Crippen molar-refractivity contribution in [1.29, 1.82) is 0 Å². The van der Waals surface area contributed by atoms with E-state index in [2.05, 4.69) is 0 Å². The van der Waals surface area contributed by atoms with Crippen molar-refractivity contribution in [3.05, 3.63) is 24.3 Å². The number of aliphatic hydroxyl groups is 1. The van der Waals surface area contributed by atoms with E-state index in [0.29, 0.717) is 6.61 Å². The van der Waals surface area contributed by atoms with Crippen LogP contribution in [0.5, 0.6) is 5.75 Å². The molecule has 1 aliphatic rings. The van der Waals surface area contributed by atoms with Crippen LogP contribution >= 0.6 is 0 Å². The average Bonchev–Trinajstić information content (AvgIpc) is 2.65. The van der Waals surface area contributed by atoms with Crippen molar-refractivity contribution in [3.63, 3.8) is 0 Å². The molecule has 2 rings (SSSR count). The lowest BCUT2D eigenvalue weighted by Crippen LogP contribution is -2.32. The van der Waals surface area contributed by atoms with Crippen molar-refractivity contribution in [1.82, 2.24) is 0 Å². The highest BCUT2D eigenvalue weighted by molar-refractivity contribution is 5.41. The Labute approximate surface area is 89.9 Å². The number of benzene rings is 1. The lowest BCUT2D eigenvalue weighted by atomic mass is 10.0. The van der Waals surface area contributed by atoms with Gasteiger partial charge in [0.15, 0.2) is 0 Å². The van der Waals surface area contributed by atoms with Gasteiger partial charge in [0.2, 0.25) is 0 Å². The first kappa shape index (κ1) is 10.3. The van der Waals surface area contributed by atoms with Gasteiger partial charge in [-0.2, -0.15) is 0 Å². The van der Waals surface area contributed by atoms with Gasteiger partial charge in [-0.05, 0) is 37.1 Å². The molecule has 0 aromatic heterocycles. The van der Waals surface area contributed by atoms with Gasteiger partial charge in [-0.25, -0.2) is 0 Å². The Morgan fingerprint density at radius 3 is 2.40 bits per heavy atom. The molecule has 82 valence electrons. The highest BCUT2D eigenvalue weighted by Gasteiger charge is 2.31. The van der Waals surface area contributed by atoms with Gasteiger partial charge in [-0.1, -0.05) is 12.8 Å². The van der Waals surface area contributed by atoms with Crippen LogP contribution in [0.2, 0.25) is 0 Å². The van der Waals surface area contributed by atoms with Crippen molar-refractivity contribution in [3.8, 4) is 5.75 Å². The van der Waals surface area contributed by atoms with Crippen LogP contribution in [0.4, 0.5) is 5.69 Å². The molecule has 0 amide bonds. The van der Waals surface area contributed by atoms with Gasteiger partial charge in [0, 0.05) is 5.69 Å². The zero-order chi connectivity index (χ0) is 10.7. The summed E-state index contributed by atoms with van der Waals surface area (Å²) in [4.78, 5) is 0. The van der Waals surface area contributed by atoms with Crippen LogP contribution in [-0.2, 0) is 0 Å². The zero-order valence-corrected chi connectivity index (χ0v) is 8.78.